The smallest absolute Gasteiger partial charge is 0.136 e. The molecular formula is C13H16O. The van der Waals surface area contributed by atoms with Gasteiger partial charge in [-0.1, -0.05) is 37.3 Å². The summed E-state index contributed by atoms with van der Waals surface area (Å²) in [6.45, 7) is 2.07. The summed E-state index contributed by atoms with van der Waals surface area (Å²) in [6, 6.07) is 10.4. The first-order valence-electron chi connectivity index (χ1n) is 5.36. The topological polar surface area (TPSA) is 17.1 Å². The number of hydrogen-bond donors (Lipinski definition) is 0. The highest BCUT2D eigenvalue weighted by Gasteiger charge is 2.28. The predicted molar refractivity (Wildman–Crippen MR) is 57.2 cm³/mol. The van der Waals surface area contributed by atoms with Crippen LogP contribution in [-0.2, 0) is 4.79 Å². The van der Waals surface area contributed by atoms with Crippen molar-refractivity contribution in [1.82, 2.24) is 0 Å². The number of carbonyl (C=O) groups excluding carboxylic acids is 1. The fourth-order valence-corrected chi connectivity index (χ4v) is 2.35. The number of hydrogen-bond acceptors (Lipinski definition) is 1. The van der Waals surface area contributed by atoms with Crippen LogP contribution in [0.2, 0.25) is 0 Å². The molecule has 0 saturated heterocycles. The van der Waals surface area contributed by atoms with E-state index in [1.807, 2.05) is 6.07 Å². The molecule has 0 N–H and O–H groups in total. The first kappa shape index (κ1) is 9.45. The van der Waals surface area contributed by atoms with E-state index in [1.165, 1.54) is 5.56 Å². The molecule has 0 aromatic heterocycles. The zero-order valence-electron chi connectivity index (χ0n) is 8.57. The molecular weight excluding hydrogens is 172 g/mol. The third-order valence-corrected chi connectivity index (χ3v) is 3.28. The van der Waals surface area contributed by atoms with Crippen LogP contribution in [-0.4, -0.2) is 5.78 Å². The molecule has 2 atom stereocenters. The fraction of sp³-hybridized carbons (Fsp3) is 0.462. The van der Waals surface area contributed by atoms with E-state index in [4.69, 9.17) is 0 Å². The lowest BCUT2D eigenvalue weighted by molar-refractivity contribution is -0.124. The highest BCUT2D eigenvalue weighted by Crippen LogP contribution is 2.35. The molecule has 1 fully saturated rings. The Hall–Kier alpha value is -1.11. The monoisotopic (exact) mass is 188 g/mol. The van der Waals surface area contributed by atoms with Gasteiger partial charge in [-0.25, -0.2) is 0 Å². The Bertz CT molecular complexity index is 315. The average Bonchev–Trinajstić information content (AvgIpc) is 2.23. The van der Waals surface area contributed by atoms with Crippen LogP contribution in [0.1, 0.15) is 37.7 Å². The Morgan fingerprint density at radius 1 is 1.21 bits per heavy atom. The Balaban J connectivity index is 2.22. The fourth-order valence-electron chi connectivity index (χ4n) is 2.35. The summed E-state index contributed by atoms with van der Waals surface area (Å²) in [5.74, 6) is 1.11. The molecule has 1 aromatic carbocycles. The minimum absolute atomic E-state index is 0.214. The molecule has 1 aromatic rings. The first-order valence-corrected chi connectivity index (χ1v) is 5.36. The highest BCUT2D eigenvalue weighted by molar-refractivity contribution is 5.82. The average molecular weight is 188 g/mol. The molecule has 1 heteroatoms. The van der Waals surface area contributed by atoms with Crippen molar-refractivity contribution < 1.29 is 4.79 Å². The second kappa shape index (κ2) is 3.95. The number of Topliss-reactive ketones (excluding diaryl/α,β-unsaturated/α-hetero) is 1. The Morgan fingerprint density at radius 2 is 1.93 bits per heavy atom. The lowest BCUT2D eigenvalue weighted by Crippen LogP contribution is -2.24. The van der Waals surface area contributed by atoms with E-state index < -0.39 is 0 Å². The van der Waals surface area contributed by atoms with Crippen molar-refractivity contribution in [1.29, 1.82) is 0 Å². The van der Waals surface area contributed by atoms with Gasteiger partial charge in [-0.3, -0.25) is 4.79 Å². The van der Waals surface area contributed by atoms with Gasteiger partial charge >= 0.3 is 0 Å². The second-order valence-corrected chi connectivity index (χ2v) is 4.16. The van der Waals surface area contributed by atoms with E-state index in [-0.39, 0.29) is 5.92 Å². The lowest BCUT2D eigenvalue weighted by atomic mass is 9.76. The summed E-state index contributed by atoms with van der Waals surface area (Å²) < 4.78 is 0. The van der Waals surface area contributed by atoms with Crippen LogP contribution in [0.15, 0.2) is 30.3 Å². The molecule has 1 saturated carbocycles. The second-order valence-electron chi connectivity index (χ2n) is 4.16. The minimum atomic E-state index is 0.214. The maximum Gasteiger partial charge on any atom is 0.136 e. The minimum Gasteiger partial charge on any atom is -0.299 e. The predicted octanol–water partition coefficient (Wildman–Crippen LogP) is 3.16. The Labute approximate surface area is 85.1 Å². The molecule has 74 valence electrons. The van der Waals surface area contributed by atoms with Crippen LogP contribution >= 0.6 is 0 Å². The normalized spacial score (nSPS) is 27.6. The van der Waals surface area contributed by atoms with Crippen LogP contribution in [0.3, 0.4) is 0 Å². The first-order chi connectivity index (χ1) is 6.79. The maximum atomic E-state index is 11.6. The molecule has 0 heterocycles. The highest BCUT2D eigenvalue weighted by atomic mass is 16.1. The molecule has 0 spiro atoms. The molecule has 1 aliphatic carbocycles. The molecule has 2 rings (SSSR count). The van der Waals surface area contributed by atoms with Gasteiger partial charge in [0.1, 0.15) is 5.78 Å². The Kier molecular flexibility index (Phi) is 2.67. The van der Waals surface area contributed by atoms with Crippen molar-refractivity contribution in [3.63, 3.8) is 0 Å². The van der Waals surface area contributed by atoms with Gasteiger partial charge < -0.3 is 0 Å². The Morgan fingerprint density at radius 3 is 2.64 bits per heavy atom. The van der Waals surface area contributed by atoms with Crippen LogP contribution < -0.4 is 0 Å². The molecule has 14 heavy (non-hydrogen) atoms. The van der Waals surface area contributed by atoms with E-state index in [1.54, 1.807) is 0 Å². The third kappa shape index (κ3) is 1.72. The number of ketones is 1. The number of benzene rings is 1. The van der Waals surface area contributed by atoms with Crippen molar-refractivity contribution in [2.24, 2.45) is 5.92 Å². The van der Waals surface area contributed by atoms with Gasteiger partial charge in [-0.05, 0) is 24.3 Å². The number of carbonyl (C=O) groups is 1. The van der Waals surface area contributed by atoms with Crippen molar-refractivity contribution in [3.05, 3.63) is 35.9 Å². The van der Waals surface area contributed by atoms with Gasteiger partial charge in [-0.15, -0.1) is 0 Å². The number of rotatable bonds is 1. The summed E-state index contributed by atoms with van der Waals surface area (Å²) in [5.41, 5.74) is 1.33. The van der Waals surface area contributed by atoms with Gasteiger partial charge in [0.25, 0.3) is 0 Å². The van der Waals surface area contributed by atoms with Gasteiger partial charge in [0, 0.05) is 12.3 Å². The van der Waals surface area contributed by atoms with Crippen LogP contribution in [0.4, 0.5) is 0 Å². The molecule has 0 radical (unpaired) electrons. The SMILES string of the molecule is CC1C(=O)CCCC1c1ccccc1. The summed E-state index contributed by atoms with van der Waals surface area (Å²) in [6.07, 6.45) is 3.00. The zero-order valence-corrected chi connectivity index (χ0v) is 8.57. The lowest BCUT2D eigenvalue weighted by Gasteiger charge is -2.27. The van der Waals surface area contributed by atoms with E-state index in [0.29, 0.717) is 11.7 Å². The largest absolute Gasteiger partial charge is 0.299 e. The zero-order chi connectivity index (χ0) is 9.97. The van der Waals surface area contributed by atoms with Gasteiger partial charge in [-0.2, -0.15) is 0 Å². The van der Waals surface area contributed by atoms with Gasteiger partial charge in [0.05, 0.1) is 0 Å². The van der Waals surface area contributed by atoms with Crippen LogP contribution in [0.25, 0.3) is 0 Å². The van der Waals surface area contributed by atoms with Gasteiger partial charge in [0.15, 0.2) is 0 Å². The standard InChI is InChI=1S/C13H16O/c1-10-12(8-5-9-13(10)14)11-6-3-2-4-7-11/h2-4,6-7,10,12H,5,8-9H2,1H3. The summed E-state index contributed by atoms with van der Waals surface area (Å²) in [4.78, 5) is 11.6. The van der Waals surface area contributed by atoms with E-state index >= 15 is 0 Å². The summed E-state index contributed by atoms with van der Waals surface area (Å²) in [5, 5.41) is 0. The van der Waals surface area contributed by atoms with E-state index in [9.17, 15) is 4.79 Å². The van der Waals surface area contributed by atoms with Crippen LogP contribution in [0.5, 0.6) is 0 Å². The van der Waals surface area contributed by atoms with Gasteiger partial charge in [0.2, 0.25) is 0 Å². The summed E-state index contributed by atoms with van der Waals surface area (Å²) in [7, 11) is 0. The molecule has 0 amide bonds. The van der Waals surface area contributed by atoms with Crippen molar-refractivity contribution in [2.75, 3.05) is 0 Å². The molecule has 0 bridgehead atoms. The molecule has 0 aliphatic heterocycles. The summed E-state index contributed by atoms with van der Waals surface area (Å²) >= 11 is 0. The quantitative estimate of drug-likeness (QED) is 0.661. The van der Waals surface area contributed by atoms with Crippen molar-refractivity contribution in [3.8, 4) is 0 Å². The van der Waals surface area contributed by atoms with Crippen LogP contribution in [0, 0.1) is 5.92 Å². The maximum absolute atomic E-state index is 11.6. The van der Waals surface area contributed by atoms with E-state index in [0.717, 1.165) is 19.3 Å². The molecule has 1 nitrogen and oxygen atoms in total. The third-order valence-electron chi connectivity index (χ3n) is 3.28. The molecule has 1 aliphatic rings. The van der Waals surface area contributed by atoms with Crippen molar-refractivity contribution >= 4 is 5.78 Å². The molecule has 2 unspecified atom stereocenters. The van der Waals surface area contributed by atoms with E-state index in [2.05, 4.69) is 31.2 Å². The van der Waals surface area contributed by atoms with Crippen molar-refractivity contribution in [2.45, 2.75) is 32.1 Å².